The maximum absolute atomic E-state index is 5.49. The Hall–Kier alpha value is -0.800. The van der Waals surface area contributed by atoms with Gasteiger partial charge in [-0.2, -0.15) is 0 Å². The maximum atomic E-state index is 5.49. The van der Waals surface area contributed by atoms with E-state index in [9.17, 15) is 0 Å². The molecule has 1 saturated carbocycles. The summed E-state index contributed by atoms with van der Waals surface area (Å²) in [4.78, 5) is 0. The predicted octanol–water partition coefficient (Wildman–Crippen LogP) is 1.63. The summed E-state index contributed by atoms with van der Waals surface area (Å²) in [6, 6.07) is 1.98. The first-order valence-corrected chi connectivity index (χ1v) is 4.57. The molecule has 1 aromatic heterocycles. The summed E-state index contributed by atoms with van der Waals surface area (Å²) >= 11 is 0. The molecule has 1 fully saturated rings. The molecule has 1 aliphatic rings. The van der Waals surface area contributed by atoms with Gasteiger partial charge >= 0.3 is 0 Å². The zero-order chi connectivity index (χ0) is 9.31. The molecular formula is C10H15NO2. The first-order chi connectivity index (χ1) is 6.32. The van der Waals surface area contributed by atoms with Crippen LogP contribution in [0.2, 0.25) is 0 Å². The molecule has 0 saturated heterocycles. The number of hydrogen-bond donors (Lipinski definition) is 1. The van der Waals surface area contributed by atoms with Crippen molar-refractivity contribution >= 4 is 0 Å². The predicted molar refractivity (Wildman–Crippen MR) is 49.4 cm³/mol. The minimum atomic E-state index is 0.108. The Labute approximate surface area is 78.1 Å². The van der Waals surface area contributed by atoms with Crippen LogP contribution in [0.15, 0.2) is 16.7 Å². The largest absolute Gasteiger partial charge is 0.467 e. The summed E-state index contributed by atoms with van der Waals surface area (Å²) in [7, 11) is 3.68. The number of hydrogen-bond acceptors (Lipinski definition) is 3. The van der Waals surface area contributed by atoms with Crippen LogP contribution in [-0.4, -0.2) is 14.2 Å². The summed E-state index contributed by atoms with van der Waals surface area (Å²) in [5.74, 6) is 1.05. The fourth-order valence-corrected chi connectivity index (χ4v) is 1.74. The van der Waals surface area contributed by atoms with Crippen LogP contribution in [0.25, 0.3) is 0 Å². The van der Waals surface area contributed by atoms with Gasteiger partial charge in [-0.15, -0.1) is 0 Å². The van der Waals surface area contributed by atoms with Crippen LogP contribution in [0, 0.1) is 0 Å². The molecule has 72 valence electrons. The Morgan fingerprint density at radius 3 is 2.92 bits per heavy atom. The van der Waals surface area contributed by atoms with Crippen molar-refractivity contribution < 1.29 is 9.15 Å². The quantitative estimate of drug-likeness (QED) is 0.766. The SMILES string of the molecule is CNC1(c2occc2COC)CC1. The van der Waals surface area contributed by atoms with Crippen LogP contribution in [0.3, 0.4) is 0 Å². The number of furan rings is 1. The smallest absolute Gasteiger partial charge is 0.129 e. The molecule has 0 aromatic carbocycles. The molecule has 1 heterocycles. The molecule has 3 heteroatoms. The van der Waals surface area contributed by atoms with E-state index >= 15 is 0 Å². The normalized spacial score (nSPS) is 18.9. The molecule has 13 heavy (non-hydrogen) atoms. The zero-order valence-electron chi connectivity index (χ0n) is 8.09. The highest BCUT2D eigenvalue weighted by atomic mass is 16.5. The van der Waals surface area contributed by atoms with Crippen molar-refractivity contribution in [1.82, 2.24) is 5.32 Å². The van der Waals surface area contributed by atoms with E-state index in [4.69, 9.17) is 9.15 Å². The van der Waals surface area contributed by atoms with Crippen molar-refractivity contribution in [1.29, 1.82) is 0 Å². The van der Waals surface area contributed by atoms with Crippen LogP contribution in [-0.2, 0) is 16.9 Å². The third-order valence-corrected chi connectivity index (χ3v) is 2.71. The average molecular weight is 181 g/mol. The lowest BCUT2D eigenvalue weighted by Crippen LogP contribution is -2.25. The molecular weight excluding hydrogens is 166 g/mol. The summed E-state index contributed by atoms with van der Waals surface area (Å²) in [6.45, 7) is 0.634. The van der Waals surface area contributed by atoms with Gasteiger partial charge in [0.05, 0.1) is 18.4 Å². The van der Waals surface area contributed by atoms with E-state index < -0.39 is 0 Å². The van der Waals surface area contributed by atoms with Gasteiger partial charge in [0.25, 0.3) is 0 Å². The van der Waals surface area contributed by atoms with E-state index in [-0.39, 0.29) is 5.54 Å². The molecule has 3 nitrogen and oxygen atoms in total. The second-order valence-electron chi connectivity index (χ2n) is 3.54. The van der Waals surface area contributed by atoms with Crippen LogP contribution in [0.1, 0.15) is 24.2 Å². The van der Waals surface area contributed by atoms with Gasteiger partial charge in [0.15, 0.2) is 0 Å². The molecule has 0 spiro atoms. The molecule has 1 aliphatic carbocycles. The Balaban J connectivity index is 2.24. The summed E-state index contributed by atoms with van der Waals surface area (Å²) in [6.07, 6.45) is 4.06. The Kier molecular flexibility index (Phi) is 2.14. The van der Waals surface area contributed by atoms with E-state index in [0.717, 1.165) is 24.2 Å². The number of rotatable bonds is 4. The Morgan fingerprint density at radius 1 is 1.62 bits per heavy atom. The van der Waals surface area contributed by atoms with Crippen molar-refractivity contribution in [3.63, 3.8) is 0 Å². The molecule has 0 aliphatic heterocycles. The molecule has 0 amide bonds. The second-order valence-corrected chi connectivity index (χ2v) is 3.54. The second kappa shape index (κ2) is 3.16. The third-order valence-electron chi connectivity index (χ3n) is 2.71. The van der Waals surface area contributed by atoms with Crippen molar-refractivity contribution in [3.8, 4) is 0 Å². The van der Waals surface area contributed by atoms with Gasteiger partial charge in [0.2, 0.25) is 0 Å². The summed E-state index contributed by atoms with van der Waals surface area (Å²) in [5, 5.41) is 3.30. The highest BCUT2D eigenvalue weighted by Crippen LogP contribution is 2.46. The lowest BCUT2D eigenvalue weighted by atomic mass is 10.1. The highest BCUT2D eigenvalue weighted by molar-refractivity contribution is 5.29. The van der Waals surface area contributed by atoms with Gasteiger partial charge in [-0.05, 0) is 26.0 Å². The molecule has 0 bridgehead atoms. The van der Waals surface area contributed by atoms with Gasteiger partial charge in [0, 0.05) is 12.7 Å². The van der Waals surface area contributed by atoms with Gasteiger partial charge < -0.3 is 14.5 Å². The molecule has 2 rings (SSSR count). The van der Waals surface area contributed by atoms with E-state index in [2.05, 4.69) is 5.32 Å². The molecule has 0 atom stereocenters. The molecule has 0 unspecified atom stereocenters. The van der Waals surface area contributed by atoms with Crippen molar-refractivity contribution in [2.75, 3.05) is 14.2 Å². The monoisotopic (exact) mass is 181 g/mol. The number of ether oxygens (including phenoxy) is 1. The lowest BCUT2D eigenvalue weighted by Gasteiger charge is -2.12. The van der Waals surface area contributed by atoms with Gasteiger partial charge in [-0.25, -0.2) is 0 Å². The fraction of sp³-hybridized carbons (Fsp3) is 0.600. The van der Waals surface area contributed by atoms with E-state index in [1.165, 1.54) is 0 Å². The fourth-order valence-electron chi connectivity index (χ4n) is 1.74. The van der Waals surface area contributed by atoms with Crippen LogP contribution < -0.4 is 5.32 Å². The molecule has 0 radical (unpaired) electrons. The van der Waals surface area contributed by atoms with Gasteiger partial charge in [-0.3, -0.25) is 0 Å². The van der Waals surface area contributed by atoms with E-state index in [1.807, 2.05) is 13.1 Å². The topological polar surface area (TPSA) is 34.4 Å². The van der Waals surface area contributed by atoms with Crippen molar-refractivity contribution in [3.05, 3.63) is 23.7 Å². The average Bonchev–Trinajstić information content (AvgIpc) is 2.82. The van der Waals surface area contributed by atoms with Gasteiger partial charge in [0.1, 0.15) is 5.76 Å². The van der Waals surface area contributed by atoms with Crippen molar-refractivity contribution in [2.45, 2.75) is 25.0 Å². The first kappa shape index (κ1) is 8.78. The molecule has 1 N–H and O–H groups in total. The minimum Gasteiger partial charge on any atom is -0.467 e. The minimum absolute atomic E-state index is 0.108. The first-order valence-electron chi connectivity index (χ1n) is 4.57. The number of nitrogens with one attached hydrogen (secondary N) is 1. The lowest BCUT2D eigenvalue weighted by molar-refractivity contribution is 0.181. The van der Waals surface area contributed by atoms with Crippen LogP contribution in [0.5, 0.6) is 0 Å². The zero-order valence-corrected chi connectivity index (χ0v) is 8.09. The third kappa shape index (κ3) is 1.38. The highest BCUT2D eigenvalue weighted by Gasteiger charge is 2.46. The summed E-state index contributed by atoms with van der Waals surface area (Å²) in [5.41, 5.74) is 1.27. The van der Waals surface area contributed by atoms with E-state index in [1.54, 1.807) is 13.4 Å². The number of methoxy groups -OCH3 is 1. The van der Waals surface area contributed by atoms with E-state index in [0.29, 0.717) is 6.61 Å². The van der Waals surface area contributed by atoms with Crippen LogP contribution in [0.4, 0.5) is 0 Å². The Bertz CT molecular complexity index is 289. The Morgan fingerprint density at radius 2 is 2.38 bits per heavy atom. The van der Waals surface area contributed by atoms with Crippen LogP contribution >= 0.6 is 0 Å². The van der Waals surface area contributed by atoms with Gasteiger partial charge in [-0.1, -0.05) is 0 Å². The standard InChI is InChI=1S/C10H15NO2/c1-11-10(4-5-10)9-8(7-12-2)3-6-13-9/h3,6,11H,4-5,7H2,1-2H3. The maximum Gasteiger partial charge on any atom is 0.129 e. The van der Waals surface area contributed by atoms with Crippen molar-refractivity contribution in [2.24, 2.45) is 0 Å². The summed E-state index contributed by atoms with van der Waals surface area (Å²) < 4.78 is 10.6. The molecule has 1 aromatic rings.